The van der Waals surface area contributed by atoms with Gasteiger partial charge in [0, 0.05) is 0 Å². The van der Waals surface area contributed by atoms with Crippen LogP contribution >= 0.6 is 0 Å². The molecule has 0 radical (unpaired) electrons. The number of hydrogen-bond donors (Lipinski definition) is 0. The molecule has 0 bridgehead atoms. The topological polar surface area (TPSA) is 38.7 Å². The molecule has 0 spiro atoms. The summed E-state index contributed by atoms with van der Waals surface area (Å²) in [4.78, 5) is 0. The van der Waals surface area contributed by atoms with Crippen molar-refractivity contribution < 1.29 is 8.95 Å². The molecule has 3 nitrogen and oxygen atoms in total. The second-order valence-corrected chi connectivity index (χ2v) is 6.17. The summed E-state index contributed by atoms with van der Waals surface area (Å²) in [5.74, 6) is 0. The zero-order valence-electron chi connectivity index (χ0n) is 8.90. The van der Waals surface area contributed by atoms with Gasteiger partial charge < -0.3 is 4.74 Å². The molecule has 1 rings (SSSR count). The zero-order chi connectivity index (χ0) is 10.6. The van der Waals surface area contributed by atoms with Crippen LogP contribution in [0.2, 0.25) is 0 Å². The summed E-state index contributed by atoms with van der Waals surface area (Å²) in [5.41, 5.74) is 0. The number of rotatable bonds is 2. The smallest absolute Gasteiger partial charge is 0.144 e. The minimum atomic E-state index is -1.17. The van der Waals surface area contributed by atoms with Crippen molar-refractivity contribution in [2.45, 2.75) is 44.5 Å². The lowest BCUT2D eigenvalue weighted by atomic mass is 10.2. The molecule has 0 aromatic rings. The average molecular weight is 215 g/mol. The summed E-state index contributed by atoms with van der Waals surface area (Å²) in [6.07, 6.45) is 7.22. The fourth-order valence-corrected chi connectivity index (χ4v) is 1.51. The van der Waals surface area contributed by atoms with E-state index in [1.807, 2.05) is 26.8 Å². The second-order valence-electron chi connectivity index (χ2n) is 4.24. The van der Waals surface area contributed by atoms with E-state index in [0.717, 1.165) is 12.8 Å². The van der Waals surface area contributed by atoms with Crippen molar-refractivity contribution in [3.8, 4) is 0 Å². The van der Waals surface area contributed by atoms with Gasteiger partial charge in [-0.25, -0.2) is 4.21 Å². The maximum absolute atomic E-state index is 11.5. The van der Waals surface area contributed by atoms with Gasteiger partial charge in [-0.1, -0.05) is 0 Å². The minimum Gasteiger partial charge on any atom is -0.493 e. The zero-order valence-corrected chi connectivity index (χ0v) is 9.71. The summed E-state index contributed by atoms with van der Waals surface area (Å²) in [7, 11) is -1.17. The van der Waals surface area contributed by atoms with Gasteiger partial charge in [0.1, 0.15) is 17.1 Å². The van der Waals surface area contributed by atoms with Crippen molar-refractivity contribution >= 4 is 17.2 Å². The van der Waals surface area contributed by atoms with Gasteiger partial charge in [-0.2, -0.15) is 4.40 Å². The lowest BCUT2D eigenvalue weighted by Gasteiger charge is -2.16. The van der Waals surface area contributed by atoms with Crippen LogP contribution in [0.4, 0.5) is 0 Å². The highest BCUT2D eigenvalue weighted by atomic mass is 32.2. The van der Waals surface area contributed by atoms with E-state index in [2.05, 4.69) is 4.40 Å². The molecule has 0 aliphatic carbocycles. The highest BCUT2D eigenvalue weighted by Crippen LogP contribution is 2.13. The lowest BCUT2D eigenvalue weighted by molar-refractivity contribution is 0.185. The summed E-state index contributed by atoms with van der Waals surface area (Å²) in [6, 6.07) is 0. The quantitative estimate of drug-likeness (QED) is 0.662. The number of allylic oxidation sites excluding steroid dienone is 1. The van der Waals surface area contributed by atoms with Gasteiger partial charge in [0.25, 0.3) is 0 Å². The molecular weight excluding hydrogens is 198 g/mol. The first-order chi connectivity index (χ1) is 6.50. The van der Waals surface area contributed by atoms with Crippen molar-refractivity contribution in [3.05, 3.63) is 12.3 Å². The number of nitrogens with zero attached hydrogens (tertiary/aromatic N) is 1. The molecule has 0 saturated heterocycles. The predicted molar refractivity (Wildman–Crippen MR) is 59.6 cm³/mol. The molecule has 0 aromatic heterocycles. The van der Waals surface area contributed by atoms with Crippen LogP contribution < -0.4 is 0 Å². The molecule has 1 aliphatic heterocycles. The molecule has 0 saturated carbocycles. The van der Waals surface area contributed by atoms with Crippen molar-refractivity contribution in [3.63, 3.8) is 0 Å². The van der Waals surface area contributed by atoms with Crippen molar-refractivity contribution in [1.29, 1.82) is 0 Å². The highest BCUT2D eigenvalue weighted by Gasteiger charge is 2.19. The minimum absolute atomic E-state index is 0.00806. The van der Waals surface area contributed by atoms with Crippen LogP contribution in [-0.2, 0) is 15.7 Å². The van der Waals surface area contributed by atoms with E-state index in [-0.39, 0.29) is 10.9 Å². The maximum atomic E-state index is 11.5. The Balaban J connectivity index is 2.47. The molecule has 0 amide bonds. The van der Waals surface area contributed by atoms with E-state index in [1.54, 1.807) is 12.5 Å². The van der Waals surface area contributed by atoms with E-state index in [0.29, 0.717) is 0 Å². The van der Waals surface area contributed by atoms with E-state index in [9.17, 15) is 4.21 Å². The van der Waals surface area contributed by atoms with Crippen molar-refractivity contribution in [2.24, 2.45) is 4.40 Å². The Kier molecular flexibility index (Phi) is 3.86. The van der Waals surface area contributed by atoms with Gasteiger partial charge in [0.15, 0.2) is 0 Å². The van der Waals surface area contributed by atoms with Crippen molar-refractivity contribution in [1.82, 2.24) is 0 Å². The average Bonchev–Trinajstić information content (AvgIpc) is 2.14. The Morgan fingerprint density at radius 1 is 1.57 bits per heavy atom. The van der Waals surface area contributed by atoms with Gasteiger partial charge in [-0.3, -0.25) is 0 Å². The van der Waals surface area contributed by atoms with Crippen LogP contribution in [0.5, 0.6) is 0 Å². The summed E-state index contributed by atoms with van der Waals surface area (Å²) < 4.78 is 20.5. The molecule has 1 heterocycles. The molecule has 0 N–H and O–H groups in total. The fourth-order valence-electron chi connectivity index (χ4n) is 0.944. The molecule has 1 aliphatic rings. The van der Waals surface area contributed by atoms with Crippen molar-refractivity contribution in [2.75, 3.05) is 0 Å². The molecule has 0 unspecified atom stereocenters. The molecule has 14 heavy (non-hydrogen) atoms. The maximum Gasteiger partial charge on any atom is 0.144 e. The summed E-state index contributed by atoms with van der Waals surface area (Å²) in [5, 5.41) is 0. The summed E-state index contributed by atoms with van der Waals surface area (Å²) >= 11 is 0. The molecule has 2 atom stereocenters. The molecule has 0 fully saturated rings. The Labute approximate surface area is 87.8 Å². The van der Waals surface area contributed by atoms with E-state index < -0.39 is 11.0 Å². The van der Waals surface area contributed by atoms with Crippen LogP contribution in [0.15, 0.2) is 16.7 Å². The van der Waals surface area contributed by atoms with Crippen LogP contribution in [0, 0.1) is 0 Å². The van der Waals surface area contributed by atoms with Gasteiger partial charge in [0.2, 0.25) is 0 Å². The Bertz CT molecular complexity index is 266. The van der Waals surface area contributed by atoms with Crippen LogP contribution in [0.25, 0.3) is 0 Å². The second kappa shape index (κ2) is 4.73. The summed E-state index contributed by atoms with van der Waals surface area (Å²) in [6.45, 7) is 5.71. The first kappa shape index (κ1) is 11.4. The fraction of sp³-hybridized carbons (Fsp3) is 0.700. The third kappa shape index (κ3) is 3.62. The first-order valence-corrected chi connectivity index (χ1v) is 5.87. The Hall–Kier alpha value is -0.640. The van der Waals surface area contributed by atoms with Gasteiger partial charge in [0.05, 0.1) is 17.2 Å². The normalized spacial score (nSPS) is 24.9. The Morgan fingerprint density at radius 3 is 2.79 bits per heavy atom. The van der Waals surface area contributed by atoms with E-state index in [1.165, 1.54) is 0 Å². The predicted octanol–water partition coefficient (Wildman–Crippen LogP) is 2.21. The van der Waals surface area contributed by atoms with Crippen LogP contribution in [0.1, 0.15) is 33.6 Å². The van der Waals surface area contributed by atoms with Gasteiger partial charge in [-0.05, 0) is 39.7 Å². The van der Waals surface area contributed by atoms with E-state index >= 15 is 0 Å². The van der Waals surface area contributed by atoms with Crippen LogP contribution in [0.3, 0.4) is 0 Å². The number of hydrogen-bond acceptors (Lipinski definition) is 2. The largest absolute Gasteiger partial charge is 0.493 e. The Morgan fingerprint density at radius 2 is 2.29 bits per heavy atom. The molecule has 80 valence electrons. The third-order valence-electron chi connectivity index (χ3n) is 1.81. The highest BCUT2D eigenvalue weighted by molar-refractivity contribution is 7.85. The van der Waals surface area contributed by atoms with Gasteiger partial charge in [-0.15, -0.1) is 0 Å². The molecular formula is C10H17NO2S. The standard InChI is InChI=1S/C10H17NO2S/c1-10(2,3)14(12)11-8-9-6-4-5-7-13-9/h5,7-9H,4,6H2,1-3H3/t9-,14+/m0/s1. The van der Waals surface area contributed by atoms with Crippen LogP contribution in [-0.4, -0.2) is 21.3 Å². The van der Waals surface area contributed by atoms with E-state index in [4.69, 9.17) is 4.74 Å². The monoisotopic (exact) mass is 215 g/mol. The molecule has 0 aromatic carbocycles. The molecule has 4 heteroatoms. The number of ether oxygens (including phenoxy) is 1. The third-order valence-corrected chi connectivity index (χ3v) is 3.18. The SMILES string of the molecule is CC(C)(C)[S@@](=O)N=C[C@@H]1CCC=CO1. The van der Waals surface area contributed by atoms with Gasteiger partial charge >= 0.3 is 0 Å². The first-order valence-electron chi connectivity index (χ1n) is 4.77. The lowest BCUT2D eigenvalue weighted by Crippen LogP contribution is -2.21.